The minimum Gasteiger partial charge on any atom is -0.495 e. The molecule has 1 heterocycles. The van der Waals surface area contributed by atoms with Crippen LogP contribution in [0.25, 0.3) is 0 Å². The van der Waals surface area contributed by atoms with Crippen molar-refractivity contribution in [2.45, 2.75) is 24.9 Å². The second-order valence-electron chi connectivity index (χ2n) is 8.42. The van der Waals surface area contributed by atoms with Gasteiger partial charge >= 0.3 is 16.1 Å². The van der Waals surface area contributed by atoms with Crippen molar-refractivity contribution >= 4 is 33.4 Å². The van der Waals surface area contributed by atoms with Crippen LogP contribution >= 0.6 is 0 Å². The summed E-state index contributed by atoms with van der Waals surface area (Å²) in [5.41, 5.74) is 1.39. The van der Waals surface area contributed by atoms with Gasteiger partial charge in [0.2, 0.25) is 5.91 Å². The largest absolute Gasteiger partial charge is 0.495 e. The Morgan fingerprint density at radius 3 is 2.21 bits per heavy atom. The second-order valence-corrected chi connectivity index (χ2v) is 9.96. The zero-order valence-corrected chi connectivity index (χ0v) is 22.1. The van der Waals surface area contributed by atoms with Crippen LogP contribution in [-0.2, 0) is 28.0 Å². The molecule has 11 heteroatoms. The molecule has 3 amide bonds. The minimum absolute atomic E-state index is 0.00877. The number of nitrogens with zero attached hydrogens (tertiary/aromatic N) is 1. The lowest BCUT2D eigenvalue weighted by Gasteiger charge is -2.24. The number of hydrogen-bond donors (Lipinski definition) is 2. The van der Waals surface area contributed by atoms with Gasteiger partial charge in [0, 0.05) is 18.2 Å². The van der Waals surface area contributed by atoms with Gasteiger partial charge in [-0.15, -0.1) is 0 Å². The summed E-state index contributed by atoms with van der Waals surface area (Å²) in [6, 6.07) is 22.2. The van der Waals surface area contributed by atoms with Crippen molar-refractivity contribution in [1.82, 2.24) is 4.90 Å². The molecule has 3 aromatic carbocycles. The molecular weight excluding hydrogens is 522 g/mol. The summed E-state index contributed by atoms with van der Waals surface area (Å²) in [6.45, 7) is 1.48. The maximum absolute atomic E-state index is 13.4. The number of nitrogens with one attached hydrogen (secondary N) is 2. The fourth-order valence-corrected chi connectivity index (χ4v) is 4.69. The first-order chi connectivity index (χ1) is 18.7. The highest BCUT2D eigenvalue weighted by Gasteiger charge is 2.22. The number of furan rings is 1. The highest BCUT2D eigenvalue weighted by atomic mass is 32.2. The number of ether oxygens (including phenoxy) is 1. The van der Waals surface area contributed by atoms with Crippen LogP contribution in [0.1, 0.15) is 18.2 Å². The summed E-state index contributed by atoms with van der Waals surface area (Å²) in [6.07, 6.45) is 1.51. The third-order valence-electron chi connectivity index (χ3n) is 5.56. The van der Waals surface area contributed by atoms with Gasteiger partial charge in [0.25, 0.3) is 0 Å². The van der Waals surface area contributed by atoms with Gasteiger partial charge in [-0.25, -0.2) is 4.79 Å². The van der Waals surface area contributed by atoms with Crippen molar-refractivity contribution in [2.75, 3.05) is 17.7 Å². The minimum atomic E-state index is -4.21. The van der Waals surface area contributed by atoms with Crippen LogP contribution in [0.3, 0.4) is 0 Å². The van der Waals surface area contributed by atoms with Crippen molar-refractivity contribution in [3.8, 4) is 11.5 Å². The lowest BCUT2D eigenvalue weighted by atomic mass is 10.2. The number of para-hydroxylation sites is 3. The van der Waals surface area contributed by atoms with Crippen molar-refractivity contribution in [2.24, 2.45) is 0 Å². The highest BCUT2D eigenvalue weighted by molar-refractivity contribution is 7.87. The zero-order chi connectivity index (χ0) is 27.8. The number of amides is 3. The average molecular weight is 550 g/mol. The summed E-state index contributed by atoms with van der Waals surface area (Å²) < 4.78 is 42.4. The lowest BCUT2D eigenvalue weighted by molar-refractivity contribution is -0.114. The van der Waals surface area contributed by atoms with E-state index in [1.807, 2.05) is 0 Å². The number of hydrogen-bond acceptors (Lipinski definition) is 7. The number of rotatable bonds is 10. The number of urea groups is 1. The van der Waals surface area contributed by atoms with Crippen LogP contribution < -0.4 is 19.6 Å². The molecule has 0 saturated carbocycles. The van der Waals surface area contributed by atoms with E-state index in [4.69, 9.17) is 13.3 Å². The van der Waals surface area contributed by atoms with Crippen molar-refractivity contribution in [3.05, 3.63) is 103 Å². The Kier molecular flexibility index (Phi) is 8.52. The van der Waals surface area contributed by atoms with Crippen molar-refractivity contribution in [1.29, 1.82) is 0 Å². The van der Waals surface area contributed by atoms with E-state index in [9.17, 15) is 18.0 Å². The smallest absolute Gasteiger partial charge is 0.339 e. The molecule has 0 aliphatic carbocycles. The third kappa shape index (κ3) is 7.17. The normalized spacial score (nSPS) is 10.9. The van der Waals surface area contributed by atoms with E-state index in [1.165, 1.54) is 55.5 Å². The summed E-state index contributed by atoms with van der Waals surface area (Å²) >= 11 is 0. The van der Waals surface area contributed by atoms with Crippen LogP contribution in [0, 0.1) is 0 Å². The molecule has 0 aliphatic rings. The fourth-order valence-electron chi connectivity index (χ4n) is 3.73. The third-order valence-corrected chi connectivity index (χ3v) is 6.81. The van der Waals surface area contributed by atoms with Gasteiger partial charge in [0.15, 0.2) is 0 Å². The number of anilines is 2. The molecule has 1 aromatic heterocycles. The molecule has 0 spiro atoms. The molecule has 0 saturated heterocycles. The molecule has 10 nitrogen and oxygen atoms in total. The first-order valence-corrected chi connectivity index (χ1v) is 13.3. The zero-order valence-electron chi connectivity index (χ0n) is 21.3. The van der Waals surface area contributed by atoms with Gasteiger partial charge in [-0.1, -0.05) is 30.3 Å². The van der Waals surface area contributed by atoms with Gasteiger partial charge in [-0.2, -0.15) is 8.42 Å². The van der Waals surface area contributed by atoms with E-state index in [0.29, 0.717) is 28.4 Å². The monoisotopic (exact) mass is 549 g/mol. The van der Waals surface area contributed by atoms with Crippen LogP contribution in [0.5, 0.6) is 11.5 Å². The Labute approximate surface area is 226 Å². The highest BCUT2D eigenvalue weighted by Crippen LogP contribution is 2.27. The molecule has 2 N–H and O–H groups in total. The molecule has 0 fully saturated rings. The first kappa shape index (κ1) is 27.3. The van der Waals surface area contributed by atoms with Crippen LogP contribution in [-0.4, -0.2) is 32.4 Å². The molecule has 4 rings (SSSR count). The van der Waals surface area contributed by atoms with Gasteiger partial charge in [-0.3, -0.25) is 4.79 Å². The molecule has 0 unspecified atom stereocenters. The molecule has 0 bridgehead atoms. The summed E-state index contributed by atoms with van der Waals surface area (Å²) in [4.78, 5) is 26.0. The molecule has 39 heavy (non-hydrogen) atoms. The van der Waals surface area contributed by atoms with Crippen LogP contribution in [0.2, 0.25) is 0 Å². The standard InChI is InChI=1S/C28H27N3O7S/c1-20(32)29-22-13-15-24(16-14-22)39(34,35)38-26-11-5-3-8-21(26)18-31(19-23-9-7-17-37-23)28(33)30-25-10-4-6-12-27(25)36-2/h3-17H,18-19H2,1-2H3,(H,29,32)(H,30,33). The summed E-state index contributed by atoms with van der Waals surface area (Å²) in [7, 11) is -2.70. The van der Waals surface area contributed by atoms with Gasteiger partial charge in [-0.05, 0) is 54.6 Å². The van der Waals surface area contributed by atoms with Gasteiger partial charge in [0.1, 0.15) is 22.2 Å². The fraction of sp³-hybridized carbons (Fsp3) is 0.143. The van der Waals surface area contributed by atoms with Crippen molar-refractivity contribution in [3.63, 3.8) is 0 Å². The summed E-state index contributed by atoms with van der Waals surface area (Å²) in [5, 5.41) is 5.42. The van der Waals surface area contributed by atoms with E-state index in [1.54, 1.807) is 54.6 Å². The molecule has 4 aromatic rings. The van der Waals surface area contributed by atoms with E-state index < -0.39 is 16.1 Å². The van der Waals surface area contributed by atoms with Crippen molar-refractivity contribution < 1.29 is 31.3 Å². The van der Waals surface area contributed by atoms with E-state index in [0.717, 1.165) is 0 Å². The maximum Gasteiger partial charge on any atom is 0.339 e. The van der Waals surface area contributed by atoms with E-state index in [-0.39, 0.29) is 29.6 Å². The van der Waals surface area contributed by atoms with Crippen LogP contribution in [0.15, 0.2) is 101 Å². The lowest BCUT2D eigenvalue weighted by Crippen LogP contribution is -2.34. The van der Waals surface area contributed by atoms with Gasteiger partial charge < -0.3 is 28.9 Å². The summed E-state index contributed by atoms with van der Waals surface area (Å²) in [5.74, 6) is 0.821. The SMILES string of the molecule is COc1ccccc1NC(=O)N(Cc1ccco1)Cc1ccccc1OS(=O)(=O)c1ccc(NC(C)=O)cc1. The maximum atomic E-state index is 13.4. The second kappa shape index (κ2) is 12.2. The Balaban J connectivity index is 1.58. The Morgan fingerprint density at radius 1 is 0.846 bits per heavy atom. The molecule has 202 valence electrons. The number of carbonyl (C=O) groups excluding carboxylic acids is 2. The molecule has 0 aliphatic heterocycles. The average Bonchev–Trinajstić information content (AvgIpc) is 3.43. The predicted molar refractivity (Wildman–Crippen MR) is 145 cm³/mol. The topological polar surface area (TPSA) is 127 Å². The Morgan fingerprint density at radius 2 is 1.54 bits per heavy atom. The Hall–Kier alpha value is -4.77. The van der Waals surface area contributed by atoms with Crippen LogP contribution in [0.4, 0.5) is 16.2 Å². The molecular formula is C28H27N3O7S. The quantitative estimate of drug-likeness (QED) is 0.259. The van der Waals surface area contributed by atoms with E-state index in [2.05, 4.69) is 10.6 Å². The predicted octanol–water partition coefficient (Wildman–Crippen LogP) is 5.25. The first-order valence-electron chi connectivity index (χ1n) is 11.9. The molecule has 0 radical (unpaired) electrons. The molecule has 0 atom stereocenters. The number of methoxy groups -OCH3 is 1. The Bertz CT molecular complexity index is 1540. The van der Waals surface area contributed by atoms with E-state index >= 15 is 0 Å². The number of carbonyl (C=O) groups is 2. The number of benzene rings is 3. The van der Waals surface area contributed by atoms with Gasteiger partial charge in [0.05, 0.1) is 32.1 Å².